The Hall–Kier alpha value is -2.51. The van der Waals surface area contributed by atoms with Gasteiger partial charge in [-0.3, -0.25) is 9.67 Å². The van der Waals surface area contributed by atoms with Crippen molar-refractivity contribution in [2.24, 2.45) is 7.05 Å². The maximum atomic E-state index is 12.2. The molecule has 0 amide bonds. The summed E-state index contributed by atoms with van der Waals surface area (Å²) in [5.41, 5.74) is 3.31. The number of pyridine rings is 1. The summed E-state index contributed by atoms with van der Waals surface area (Å²) < 4.78 is 28.7. The molecule has 3 rings (SSSR count). The highest BCUT2D eigenvalue weighted by atomic mass is 32.2. The van der Waals surface area contributed by atoms with Crippen LogP contribution in [0.4, 0.5) is 0 Å². The normalized spacial score (nSPS) is 11.6. The Morgan fingerprint density at radius 1 is 1.08 bits per heavy atom. The van der Waals surface area contributed by atoms with Crippen molar-refractivity contribution in [2.45, 2.75) is 13.0 Å². The van der Waals surface area contributed by atoms with Crippen LogP contribution in [0.25, 0.3) is 11.4 Å². The van der Waals surface area contributed by atoms with Crippen molar-refractivity contribution in [3.05, 3.63) is 72.1 Å². The first-order chi connectivity index (χ1) is 12.0. The summed E-state index contributed by atoms with van der Waals surface area (Å²) in [6, 6.07) is 17.1. The third-order valence-corrected chi connectivity index (χ3v) is 5.16. The fraction of sp³-hybridized carbons (Fsp3) is 0.222. The van der Waals surface area contributed by atoms with Crippen LogP contribution in [-0.4, -0.2) is 28.9 Å². The number of rotatable bonds is 7. The molecule has 1 N–H and O–H groups in total. The molecule has 130 valence electrons. The van der Waals surface area contributed by atoms with Gasteiger partial charge in [0.15, 0.2) is 0 Å². The van der Waals surface area contributed by atoms with Crippen molar-refractivity contribution in [1.29, 1.82) is 0 Å². The highest BCUT2D eigenvalue weighted by molar-refractivity contribution is 7.89. The molecule has 7 heteroatoms. The third-order valence-electron chi connectivity index (χ3n) is 3.83. The molecule has 3 aromatic rings. The SMILES string of the molecule is Cn1nc(CNS(=O)(=O)CCc2ccccc2)cc1-c1ccccn1. The molecule has 0 aliphatic carbocycles. The predicted octanol–water partition coefficient (Wildman–Crippen LogP) is 2.14. The minimum atomic E-state index is -3.36. The second-order valence-corrected chi connectivity index (χ2v) is 7.66. The van der Waals surface area contributed by atoms with Crippen molar-refractivity contribution >= 4 is 10.0 Å². The van der Waals surface area contributed by atoms with E-state index < -0.39 is 10.0 Å². The standard InChI is InChI=1S/C18H20N4O2S/c1-22-18(17-9-5-6-11-19-17)13-16(21-22)14-20-25(23,24)12-10-15-7-3-2-4-8-15/h2-9,11,13,20H,10,12,14H2,1H3. The van der Waals surface area contributed by atoms with Gasteiger partial charge in [0.05, 0.1) is 29.4 Å². The molecule has 0 fully saturated rings. The van der Waals surface area contributed by atoms with E-state index in [1.807, 2.05) is 61.6 Å². The molecule has 0 saturated heterocycles. The zero-order valence-corrected chi connectivity index (χ0v) is 14.8. The predicted molar refractivity (Wildman–Crippen MR) is 97.2 cm³/mol. The number of aryl methyl sites for hydroxylation is 2. The van der Waals surface area contributed by atoms with E-state index >= 15 is 0 Å². The average molecular weight is 356 g/mol. The minimum Gasteiger partial charge on any atom is -0.266 e. The van der Waals surface area contributed by atoms with Crippen LogP contribution in [0.1, 0.15) is 11.3 Å². The molecular weight excluding hydrogens is 336 g/mol. The van der Waals surface area contributed by atoms with Gasteiger partial charge in [0.1, 0.15) is 0 Å². The van der Waals surface area contributed by atoms with Crippen molar-refractivity contribution in [2.75, 3.05) is 5.75 Å². The Morgan fingerprint density at radius 3 is 2.56 bits per heavy atom. The number of sulfonamides is 1. The number of nitrogens with zero attached hydrogens (tertiary/aromatic N) is 3. The Kier molecular flexibility index (Phi) is 5.25. The Morgan fingerprint density at radius 2 is 1.84 bits per heavy atom. The zero-order chi connectivity index (χ0) is 17.7. The molecule has 0 saturated carbocycles. The number of hydrogen-bond acceptors (Lipinski definition) is 4. The van der Waals surface area contributed by atoms with Gasteiger partial charge >= 0.3 is 0 Å². The number of nitrogens with one attached hydrogen (secondary N) is 1. The molecule has 25 heavy (non-hydrogen) atoms. The highest BCUT2D eigenvalue weighted by Crippen LogP contribution is 2.16. The van der Waals surface area contributed by atoms with E-state index in [1.165, 1.54) is 0 Å². The van der Waals surface area contributed by atoms with Crippen LogP contribution in [0, 0.1) is 0 Å². The van der Waals surface area contributed by atoms with E-state index in [2.05, 4.69) is 14.8 Å². The van der Waals surface area contributed by atoms with Crippen LogP contribution in [-0.2, 0) is 30.0 Å². The van der Waals surface area contributed by atoms with Gasteiger partial charge in [-0.25, -0.2) is 13.1 Å². The van der Waals surface area contributed by atoms with Crippen LogP contribution in [0.3, 0.4) is 0 Å². The maximum Gasteiger partial charge on any atom is 0.212 e. The number of aromatic nitrogens is 3. The molecule has 0 bridgehead atoms. The van der Waals surface area contributed by atoms with E-state index in [-0.39, 0.29) is 12.3 Å². The van der Waals surface area contributed by atoms with Crippen LogP contribution in [0.2, 0.25) is 0 Å². The number of hydrogen-bond donors (Lipinski definition) is 1. The van der Waals surface area contributed by atoms with Gasteiger partial charge in [-0.2, -0.15) is 5.10 Å². The highest BCUT2D eigenvalue weighted by Gasteiger charge is 2.13. The lowest BCUT2D eigenvalue weighted by atomic mass is 10.2. The molecule has 0 unspecified atom stereocenters. The molecule has 2 aromatic heterocycles. The van der Waals surface area contributed by atoms with E-state index in [4.69, 9.17) is 0 Å². The quantitative estimate of drug-likeness (QED) is 0.704. The van der Waals surface area contributed by atoms with Crippen molar-refractivity contribution in [3.8, 4) is 11.4 Å². The summed E-state index contributed by atoms with van der Waals surface area (Å²) in [5, 5.41) is 4.36. The van der Waals surface area contributed by atoms with Gasteiger partial charge in [-0.15, -0.1) is 0 Å². The topological polar surface area (TPSA) is 76.9 Å². The smallest absolute Gasteiger partial charge is 0.212 e. The van der Waals surface area contributed by atoms with Crippen LogP contribution in [0.15, 0.2) is 60.8 Å². The summed E-state index contributed by atoms with van der Waals surface area (Å²) in [5.74, 6) is 0.0525. The van der Waals surface area contributed by atoms with Gasteiger partial charge in [-0.1, -0.05) is 36.4 Å². The number of benzene rings is 1. The van der Waals surface area contributed by atoms with Crippen molar-refractivity contribution < 1.29 is 8.42 Å². The molecule has 0 aliphatic rings. The fourth-order valence-electron chi connectivity index (χ4n) is 2.52. The molecule has 0 radical (unpaired) electrons. The summed E-state index contributed by atoms with van der Waals surface area (Å²) in [7, 11) is -1.54. The van der Waals surface area contributed by atoms with E-state index in [0.717, 1.165) is 17.0 Å². The summed E-state index contributed by atoms with van der Waals surface area (Å²) >= 11 is 0. The Bertz CT molecular complexity index is 922. The van der Waals surface area contributed by atoms with Gasteiger partial charge in [0.2, 0.25) is 10.0 Å². The van der Waals surface area contributed by atoms with E-state index in [9.17, 15) is 8.42 Å². The van der Waals surface area contributed by atoms with Gasteiger partial charge in [0, 0.05) is 13.2 Å². The first-order valence-corrected chi connectivity index (χ1v) is 9.64. The Balaban J connectivity index is 1.61. The average Bonchev–Trinajstić information content (AvgIpc) is 3.01. The van der Waals surface area contributed by atoms with Crippen LogP contribution >= 0.6 is 0 Å². The molecule has 0 spiro atoms. The molecule has 1 aromatic carbocycles. The lowest BCUT2D eigenvalue weighted by molar-refractivity contribution is 0.578. The molecule has 6 nitrogen and oxygen atoms in total. The summed E-state index contributed by atoms with van der Waals surface area (Å²) in [4.78, 5) is 4.30. The molecule has 0 atom stereocenters. The summed E-state index contributed by atoms with van der Waals surface area (Å²) in [6.45, 7) is 0.164. The van der Waals surface area contributed by atoms with Crippen LogP contribution < -0.4 is 4.72 Å². The lowest BCUT2D eigenvalue weighted by Crippen LogP contribution is -2.27. The molecular formula is C18H20N4O2S. The second-order valence-electron chi connectivity index (χ2n) is 5.74. The Labute approximate surface area is 147 Å². The first-order valence-electron chi connectivity index (χ1n) is 7.99. The van der Waals surface area contributed by atoms with Crippen molar-refractivity contribution in [3.63, 3.8) is 0 Å². The fourth-order valence-corrected chi connectivity index (χ4v) is 3.54. The van der Waals surface area contributed by atoms with Crippen LogP contribution in [0.5, 0.6) is 0 Å². The maximum absolute atomic E-state index is 12.2. The van der Waals surface area contributed by atoms with E-state index in [1.54, 1.807) is 10.9 Å². The molecule has 0 aliphatic heterocycles. The monoisotopic (exact) mass is 356 g/mol. The second kappa shape index (κ2) is 7.58. The zero-order valence-electron chi connectivity index (χ0n) is 14.0. The molecule has 2 heterocycles. The van der Waals surface area contributed by atoms with Gasteiger partial charge in [0.25, 0.3) is 0 Å². The van der Waals surface area contributed by atoms with Crippen molar-refractivity contribution in [1.82, 2.24) is 19.5 Å². The lowest BCUT2D eigenvalue weighted by Gasteiger charge is -2.05. The minimum absolute atomic E-state index is 0.0525. The first kappa shape index (κ1) is 17.3. The third kappa shape index (κ3) is 4.74. The largest absolute Gasteiger partial charge is 0.266 e. The van der Waals surface area contributed by atoms with E-state index in [0.29, 0.717) is 12.1 Å². The van der Waals surface area contributed by atoms with Gasteiger partial charge in [-0.05, 0) is 30.2 Å². The van der Waals surface area contributed by atoms with Gasteiger partial charge < -0.3 is 0 Å². The summed E-state index contributed by atoms with van der Waals surface area (Å²) in [6.07, 6.45) is 2.20.